The lowest BCUT2D eigenvalue weighted by atomic mass is 9.91. The lowest BCUT2D eigenvalue weighted by molar-refractivity contribution is -0.155. The van der Waals surface area contributed by atoms with Crippen LogP contribution in [0.15, 0.2) is 48.5 Å². The highest BCUT2D eigenvalue weighted by molar-refractivity contribution is 5.99. The summed E-state index contributed by atoms with van der Waals surface area (Å²) < 4.78 is 36.9. The van der Waals surface area contributed by atoms with E-state index in [1.54, 1.807) is 44.5 Å². The summed E-state index contributed by atoms with van der Waals surface area (Å²) in [7, 11) is 5.60. The van der Waals surface area contributed by atoms with E-state index in [4.69, 9.17) is 10.5 Å². The van der Waals surface area contributed by atoms with Gasteiger partial charge in [-0.2, -0.15) is 5.10 Å². The Kier molecular flexibility index (Phi) is 8.88. The highest BCUT2D eigenvalue weighted by Gasteiger charge is 2.27. The highest BCUT2D eigenvalue weighted by Crippen LogP contribution is 2.33. The number of ether oxygens (including phenoxy) is 1. The summed E-state index contributed by atoms with van der Waals surface area (Å²) in [6.07, 6.45) is -0.0309. The molecule has 228 valence electrons. The lowest BCUT2D eigenvalue weighted by Crippen LogP contribution is -2.28. The third-order valence-electron chi connectivity index (χ3n) is 6.74. The van der Waals surface area contributed by atoms with Crippen molar-refractivity contribution < 1.29 is 23.1 Å². The number of nitrogens with one attached hydrogen (secondary N) is 2. The van der Waals surface area contributed by atoms with Crippen molar-refractivity contribution >= 4 is 45.9 Å². The predicted molar refractivity (Wildman–Crippen MR) is 163 cm³/mol. The number of aryl methyl sites for hydroxylation is 1. The van der Waals surface area contributed by atoms with E-state index in [2.05, 4.69) is 20.7 Å². The standard InChI is InChI=1S/C31H37F2N7O3/c1-17(13-25(41)43-31(2,3)4)26(18-9-8-10-19(32)14-18)36-29-23(33)16-22(27(34)42)28(37-29)35-20-11-12-24-21(15-20)30(39(5)6)38-40(24)7/h8-12,14-17,26H,13H2,1-7H3,(H2,34,42)(H2,35,36,37)/t17-,26+/m1/s1. The number of benzene rings is 2. The number of nitrogens with two attached hydrogens (primary N) is 1. The minimum atomic E-state index is -0.878. The van der Waals surface area contributed by atoms with E-state index >= 15 is 4.39 Å². The average molecular weight is 594 g/mol. The molecule has 12 heteroatoms. The van der Waals surface area contributed by atoms with Gasteiger partial charge in [0.2, 0.25) is 0 Å². The third-order valence-corrected chi connectivity index (χ3v) is 6.74. The number of fused-ring (bicyclic) bond motifs is 1. The monoisotopic (exact) mass is 593 g/mol. The van der Waals surface area contributed by atoms with Gasteiger partial charge in [0.05, 0.1) is 23.5 Å². The van der Waals surface area contributed by atoms with Gasteiger partial charge in [-0.15, -0.1) is 0 Å². The molecule has 0 unspecified atom stereocenters. The van der Waals surface area contributed by atoms with Crippen molar-refractivity contribution in [1.29, 1.82) is 0 Å². The molecule has 2 aromatic carbocycles. The molecular formula is C31H37F2N7O3. The summed E-state index contributed by atoms with van der Waals surface area (Å²) >= 11 is 0. The molecule has 0 aliphatic heterocycles. The number of carbonyl (C=O) groups is 2. The normalized spacial score (nSPS) is 13.0. The minimum Gasteiger partial charge on any atom is -0.460 e. The Morgan fingerprint density at radius 1 is 1.09 bits per heavy atom. The van der Waals surface area contributed by atoms with Crippen LogP contribution in [0.25, 0.3) is 10.9 Å². The van der Waals surface area contributed by atoms with Crippen LogP contribution in [0.3, 0.4) is 0 Å². The van der Waals surface area contributed by atoms with Gasteiger partial charge in [-0.05, 0) is 68.7 Å². The maximum atomic E-state index is 15.4. The van der Waals surface area contributed by atoms with Crippen molar-refractivity contribution in [2.75, 3.05) is 29.6 Å². The Bertz CT molecular complexity index is 1660. The molecule has 0 radical (unpaired) electrons. The van der Waals surface area contributed by atoms with Crippen molar-refractivity contribution in [3.8, 4) is 0 Å². The number of halogens is 2. The average Bonchev–Trinajstić information content (AvgIpc) is 3.23. The van der Waals surface area contributed by atoms with Crippen molar-refractivity contribution in [1.82, 2.24) is 14.8 Å². The maximum absolute atomic E-state index is 15.4. The molecular weight excluding hydrogens is 556 g/mol. The first kappa shape index (κ1) is 31.2. The molecule has 4 rings (SSSR count). The zero-order chi connectivity index (χ0) is 31.6. The van der Waals surface area contributed by atoms with Crippen LogP contribution in [0.5, 0.6) is 0 Å². The van der Waals surface area contributed by atoms with Crippen LogP contribution in [0.1, 0.15) is 56.1 Å². The Morgan fingerprint density at radius 2 is 1.81 bits per heavy atom. The fraction of sp³-hybridized carbons (Fsp3) is 0.355. The van der Waals surface area contributed by atoms with E-state index in [1.165, 1.54) is 18.2 Å². The summed E-state index contributed by atoms with van der Waals surface area (Å²) in [5, 5.41) is 11.5. The predicted octanol–water partition coefficient (Wildman–Crippen LogP) is 5.68. The molecule has 0 bridgehead atoms. The molecule has 0 aliphatic carbocycles. The number of nitrogens with zero attached hydrogens (tertiary/aromatic N) is 4. The van der Waals surface area contributed by atoms with Crippen LogP contribution in [-0.2, 0) is 16.6 Å². The number of rotatable bonds is 10. The van der Waals surface area contributed by atoms with Crippen LogP contribution < -0.4 is 21.3 Å². The Balaban J connectivity index is 1.72. The van der Waals surface area contributed by atoms with Gasteiger partial charge in [0, 0.05) is 32.2 Å². The van der Waals surface area contributed by atoms with Gasteiger partial charge < -0.3 is 26.0 Å². The molecule has 0 aliphatic rings. The molecule has 0 saturated carbocycles. The number of primary amides is 1. The van der Waals surface area contributed by atoms with Crippen LogP contribution >= 0.6 is 0 Å². The number of anilines is 4. The topological polar surface area (TPSA) is 127 Å². The zero-order valence-corrected chi connectivity index (χ0v) is 25.3. The van der Waals surface area contributed by atoms with Gasteiger partial charge in [-0.25, -0.2) is 13.8 Å². The molecule has 43 heavy (non-hydrogen) atoms. The Morgan fingerprint density at radius 3 is 2.44 bits per heavy atom. The van der Waals surface area contributed by atoms with Crippen molar-refractivity contribution in [2.24, 2.45) is 18.7 Å². The zero-order valence-electron chi connectivity index (χ0n) is 25.3. The number of hydrogen-bond donors (Lipinski definition) is 3. The van der Waals surface area contributed by atoms with E-state index < -0.39 is 41.1 Å². The summed E-state index contributed by atoms with van der Waals surface area (Å²) in [4.78, 5) is 31.2. The third kappa shape index (κ3) is 7.37. The smallest absolute Gasteiger partial charge is 0.306 e. The maximum Gasteiger partial charge on any atom is 0.306 e. The van der Waals surface area contributed by atoms with E-state index in [1.807, 2.05) is 38.2 Å². The molecule has 1 amide bonds. The van der Waals surface area contributed by atoms with Crippen LogP contribution in [0.2, 0.25) is 0 Å². The van der Waals surface area contributed by atoms with E-state index in [9.17, 15) is 14.0 Å². The number of carbonyl (C=O) groups excluding carboxylic acids is 2. The number of aromatic nitrogens is 3. The van der Waals surface area contributed by atoms with Crippen molar-refractivity contribution in [2.45, 2.75) is 45.8 Å². The Hall–Kier alpha value is -4.74. The summed E-state index contributed by atoms with van der Waals surface area (Å²) in [5.74, 6) is -2.59. The van der Waals surface area contributed by atoms with Gasteiger partial charge in [-0.3, -0.25) is 14.3 Å². The second-order valence-electron chi connectivity index (χ2n) is 11.7. The number of esters is 1. The molecule has 4 aromatic rings. The van der Waals surface area contributed by atoms with Gasteiger partial charge in [-0.1, -0.05) is 19.1 Å². The van der Waals surface area contributed by atoms with Crippen molar-refractivity contribution in [3.63, 3.8) is 0 Å². The minimum absolute atomic E-state index is 0.0174. The molecule has 2 heterocycles. The highest BCUT2D eigenvalue weighted by atomic mass is 19.1. The molecule has 2 atom stereocenters. The molecule has 2 aromatic heterocycles. The van der Waals surface area contributed by atoms with Gasteiger partial charge in [0.15, 0.2) is 17.5 Å². The summed E-state index contributed by atoms with van der Waals surface area (Å²) in [6.45, 7) is 7.06. The number of pyridine rings is 1. The lowest BCUT2D eigenvalue weighted by Gasteiger charge is -2.28. The fourth-order valence-electron chi connectivity index (χ4n) is 4.83. The van der Waals surface area contributed by atoms with Crippen molar-refractivity contribution in [3.05, 3.63) is 71.3 Å². The first-order valence-corrected chi connectivity index (χ1v) is 13.8. The van der Waals surface area contributed by atoms with Gasteiger partial charge >= 0.3 is 5.97 Å². The molecule has 0 spiro atoms. The first-order valence-electron chi connectivity index (χ1n) is 13.8. The van der Waals surface area contributed by atoms with Gasteiger partial charge in [0.25, 0.3) is 5.91 Å². The van der Waals surface area contributed by atoms with Crippen LogP contribution in [0.4, 0.5) is 31.9 Å². The second kappa shape index (κ2) is 12.2. The van der Waals surface area contributed by atoms with Crippen LogP contribution in [-0.4, -0.2) is 46.3 Å². The SMILES string of the molecule is C[C@H](CC(=O)OC(C)(C)C)[C@H](Nc1nc(Nc2ccc3c(c2)c(N(C)C)nn3C)c(C(N)=O)cc1F)c1cccc(F)c1. The van der Waals surface area contributed by atoms with E-state index in [0.717, 1.165) is 22.8 Å². The number of amides is 1. The van der Waals surface area contributed by atoms with E-state index in [0.29, 0.717) is 11.3 Å². The summed E-state index contributed by atoms with van der Waals surface area (Å²) in [6, 6.07) is 11.6. The molecule has 0 fully saturated rings. The molecule has 4 N–H and O–H groups in total. The molecule has 0 saturated heterocycles. The van der Waals surface area contributed by atoms with E-state index in [-0.39, 0.29) is 23.6 Å². The largest absolute Gasteiger partial charge is 0.460 e. The second-order valence-corrected chi connectivity index (χ2v) is 11.7. The quantitative estimate of drug-likeness (QED) is 0.201. The summed E-state index contributed by atoms with van der Waals surface area (Å²) in [5.41, 5.74) is 6.66. The fourth-order valence-corrected chi connectivity index (χ4v) is 4.83. The Labute approximate surface area is 249 Å². The first-order chi connectivity index (χ1) is 20.1. The number of hydrogen-bond acceptors (Lipinski definition) is 8. The van der Waals surface area contributed by atoms with Gasteiger partial charge in [0.1, 0.15) is 17.2 Å². The van der Waals surface area contributed by atoms with Crippen LogP contribution in [0, 0.1) is 17.6 Å². The molecule has 10 nitrogen and oxygen atoms in total.